The van der Waals surface area contributed by atoms with E-state index in [0.29, 0.717) is 40.1 Å². The fourth-order valence-electron chi connectivity index (χ4n) is 2.99. The Bertz CT molecular complexity index is 1260. The number of hydrogen-bond acceptors (Lipinski definition) is 6. The zero-order chi connectivity index (χ0) is 26.6. The molecule has 0 fully saturated rings. The molecule has 10 heteroatoms. The highest BCUT2D eigenvalue weighted by Gasteiger charge is 2.13. The number of nitrogens with one attached hydrogen (secondary N) is 3. The summed E-state index contributed by atoms with van der Waals surface area (Å²) in [6.07, 6.45) is 2.27. The van der Waals surface area contributed by atoms with Gasteiger partial charge in [0.25, 0.3) is 5.91 Å². The van der Waals surface area contributed by atoms with Crippen molar-refractivity contribution in [1.29, 1.82) is 0 Å². The number of amides is 3. The number of anilines is 2. The normalized spacial score (nSPS) is 10.6. The Morgan fingerprint density at radius 1 is 0.892 bits per heavy atom. The average Bonchev–Trinajstić information content (AvgIpc) is 2.90. The second-order valence-electron chi connectivity index (χ2n) is 7.84. The zero-order valence-corrected chi connectivity index (χ0v) is 21.2. The highest BCUT2D eigenvalue weighted by molar-refractivity contribution is 6.39. The minimum atomic E-state index is -0.913. The first-order valence-electron chi connectivity index (χ1n) is 11.5. The molecule has 0 atom stereocenters. The van der Waals surface area contributed by atoms with E-state index in [1.165, 1.54) is 6.21 Å². The topological polar surface area (TPSA) is 118 Å². The van der Waals surface area contributed by atoms with Crippen LogP contribution in [0.1, 0.15) is 24.5 Å². The molecule has 0 radical (unpaired) electrons. The maximum atomic E-state index is 12.2. The van der Waals surface area contributed by atoms with Crippen LogP contribution < -0.4 is 25.5 Å². The van der Waals surface area contributed by atoms with E-state index in [2.05, 4.69) is 21.2 Å². The van der Waals surface area contributed by atoms with Gasteiger partial charge in [0.05, 0.1) is 12.8 Å². The molecule has 0 spiro atoms. The van der Waals surface area contributed by atoms with Gasteiger partial charge in [0.2, 0.25) is 0 Å². The van der Waals surface area contributed by atoms with Crippen LogP contribution in [0.15, 0.2) is 71.8 Å². The minimum Gasteiger partial charge on any atom is -0.494 e. The zero-order valence-electron chi connectivity index (χ0n) is 20.4. The largest absolute Gasteiger partial charge is 0.494 e. The molecule has 0 aliphatic heterocycles. The third-order valence-corrected chi connectivity index (χ3v) is 5.37. The molecule has 0 aliphatic rings. The standard InChI is InChI=1S/C27H27ClN4O5/c1-3-15-36-21-13-9-20(10-14-21)30-26(34)27(35)32-29-16-19-7-11-22(12-8-19)37-17-25(33)31-24-6-4-5-23(28)18(24)2/h4-14,16H,3,15,17H2,1-2H3,(H,30,34)(H,31,33)(H,32,35)/b29-16-. The molecule has 0 aromatic heterocycles. The average molecular weight is 523 g/mol. The molecule has 3 rings (SSSR count). The molecule has 0 saturated carbocycles. The molecule has 0 aliphatic carbocycles. The van der Waals surface area contributed by atoms with Crippen molar-refractivity contribution < 1.29 is 23.9 Å². The number of benzene rings is 3. The summed E-state index contributed by atoms with van der Waals surface area (Å²) in [5.74, 6) is -0.929. The summed E-state index contributed by atoms with van der Waals surface area (Å²) in [7, 11) is 0. The molecule has 37 heavy (non-hydrogen) atoms. The van der Waals surface area contributed by atoms with Gasteiger partial charge in [-0.15, -0.1) is 0 Å². The van der Waals surface area contributed by atoms with Crippen molar-refractivity contribution in [3.8, 4) is 11.5 Å². The van der Waals surface area contributed by atoms with Gasteiger partial charge in [0.15, 0.2) is 6.61 Å². The van der Waals surface area contributed by atoms with Gasteiger partial charge in [-0.25, -0.2) is 5.43 Å². The van der Waals surface area contributed by atoms with Crippen molar-refractivity contribution in [1.82, 2.24) is 5.43 Å². The fourth-order valence-corrected chi connectivity index (χ4v) is 3.16. The number of carbonyl (C=O) groups is 3. The van der Waals surface area contributed by atoms with E-state index in [9.17, 15) is 14.4 Å². The van der Waals surface area contributed by atoms with Crippen molar-refractivity contribution in [3.05, 3.63) is 82.9 Å². The maximum absolute atomic E-state index is 12.2. The molecule has 3 aromatic carbocycles. The van der Waals surface area contributed by atoms with E-state index in [-0.39, 0.29) is 12.5 Å². The van der Waals surface area contributed by atoms with Crippen LogP contribution in [0.2, 0.25) is 5.02 Å². The second kappa shape index (κ2) is 13.6. The van der Waals surface area contributed by atoms with E-state index in [1.807, 2.05) is 13.8 Å². The summed E-state index contributed by atoms with van der Waals surface area (Å²) >= 11 is 6.06. The summed E-state index contributed by atoms with van der Waals surface area (Å²) in [5.41, 5.74) is 4.68. The van der Waals surface area contributed by atoms with Crippen LogP contribution in [-0.4, -0.2) is 37.1 Å². The molecule has 9 nitrogen and oxygen atoms in total. The van der Waals surface area contributed by atoms with E-state index >= 15 is 0 Å². The molecule has 0 saturated heterocycles. The molecular formula is C27H27ClN4O5. The van der Waals surface area contributed by atoms with Gasteiger partial charge in [-0.1, -0.05) is 24.6 Å². The first-order chi connectivity index (χ1) is 17.9. The van der Waals surface area contributed by atoms with Crippen molar-refractivity contribution in [2.75, 3.05) is 23.8 Å². The Morgan fingerprint density at radius 3 is 2.27 bits per heavy atom. The molecule has 192 valence electrons. The number of nitrogens with zero attached hydrogens (tertiary/aromatic N) is 1. The van der Waals surface area contributed by atoms with Gasteiger partial charge in [-0.2, -0.15) is 5.10 Å². The lowest BCUT2D eigenvalue weighted by atomic mass is 10.2. The number of halogens is 1. The third-order valence-electron chi connectivity index (χ3n) is 4.96. The number of carbonyl (C=O) groups excluding carboxylic acids is 3. The highest BCUT2D eigenvalue weighted by atomic mass is 35.5. The van der Waals surface area contributed by atoms with Gasteiger partial charge in [0.1, 0.15) is 11.5 Å². The van der Waals surface area contributed by atoms with Crippen molar-refractivity contribution in [2.24, 2.45) is 5.10 Å². The molecular weight excluding hydrogens is 496 g/mol. The van der Waals surface area contributed by atoms with Crippen LogP contribution in [0.3, 0.4) is 0 Å². The van der Waals surface area contributed by atoms with Crippen LogP contribution in [0, 0.1) is 6.92 Å². The molecule has 0 unspecified atom stereocenters. The highest BCUT2D eigenvalue weighted by Crippen LogP contribution is 2.23. The van der Waals surface area contributed by atoms with Crippen molar-refractivity contribution in [3.63, 3.8) is 0 Å². The van der Waals surface area contributed by atoms with Gasteiger partial charge in [0, 0.05) is 16.4 Å². The van der Waals surface area contributed by atoms with Crippen LogP contribution in [0.25, 0.3) is 0 Å². The van der Waals surface area contributed by atoms with Crippen molar-refractivity contribution >= 4 is 46.9 Å². The summed E-state index contributed by atoms with van der Waals surface area (Å²) in [6.45, 7) is 4.24. The van der Waals surface area contributed by atoms with Crippen LogP contribution in [-0.2, 0) is 14.4 Å². The predicted octanol–water partition coefficient (Wildman–Crippen LogP) is 4.54. The monoisotopic (exact) mass is 522 g/mol. The van der Waals surface area contributed by atoms with Crippen LogP contribution in [0.4, 0.5) is 11.4 Å². The lowest BCUT2D eigenvalue weighted by Crippen LogP contribution is -2.32. The number of rotatable bonds is 10. The Labute approximate surface area is 219 Å². The molecule has 3 aromatic rings. The molecule has 3 N–H and O–H groups in total. The Hall–Kier alpha value is -4.37. The number of ether oxygens (including phenoxy) is 2. The first-order valence-corrected chi connectivity index (χ1v) is 11.9. The Kier molecular flexibility index (Phi) is 10.0. The summed E-state index contributed by atoms with van der Waals surface area (Å²) in [4.78, 5) is 36.2. The number of hydrogen-bond donors (Lipinski definition) is 3. The van der Waals surface area contributed by atoms with E-state index in [4.69, 9.17) is 21.1 Å². The maximum Gasteiger partial charge on any atom is 0.329 e. The Balaban J connectivity index is 1.42. The first kappa shape index (κ1) is 27.2. The van der Waals surface area contributed by atoms with E-state index in [1.54, 1.807) is 66.7 Å². The summed E-state index contributed by atoms with van der Waals surface area (Å²) in [6, 6.07) is 18.7. The fraction of sp³-hybridized carbons (Fsp3) is 0.185. The predicted molar refractivity (Wildman–Crippen MR) is 143 cm³/mol. The van der Waals surface area contributed by atoms with Crippen molar-refractivity contribution in [2.45, 2.75) is 20.3 Å². The summed E-state index contributed by atoms with van der Waals surface area (Å²) < 4.78 is 11.0. The third kappa shape index (κ3) is 8.66. The molecule has 3 amide bonds. The Morgan fingerprint density at radius 2 is 1.57 bits per heavy atom. The lowest BCUT2D eigenvalue weighted by Gasteiger charge is -2.10. The van der Waals surface area contributed by atoms with E-state index in [0.717, 1.165) is 12.0 Å². The van der Waals surface area contributed by atoms with Gasteiger partial charge >= 0.3 is 11.8 Å². The van der Waals surface area contributed by atoms with Gasteiger partial charge < -0.3 is 20.1 Å². The minimum absolute atomic E-state index is 0.181. The molecule has 0 bridgehead atoms. The van der Waals surface area contributed by atoms with Gasteiger partial charge in [-0.3, -0.25) is 14.4 Å². The second-order valence-corrected chi connectivity index (χ2v) is 8.25. The van der Waals surface area contributed by atoms with Gasteiger partial charge in [-0.05, 0) is 85.1 Å². The van der Waals surface area contributed by atoms with E-state index < -0.39 is 11.8 Å². The SMILES string of the molecule is CCCOc1ccc(NC(=O)C(=O)N/N=C\c2ccc(OCC(=O)Nc3cccc(Cl)c3C)cc2)cc1. The van der Waals surface area contributed by atoms with Crippen LogP contribution in [0.5, 0.6) is 11.5 Å². The molecule has 0 heterocycles. The number of hydrazone groups is 1. The summed E-state index contributed by atoms with van der Waals surface area (Å²) in [5, 5.41) is 9.61. The quantitative estimate of drug-likeness (QED) is 0.205. The van der Waals surface area contributed by atoms with Crippen LogP contribution >= 0.6 is 11.6 Å². The smallest absolute Gasteiger partial charge is 0.329 e. The lowest BCUT2D eigenvalue weighted by molar-refractivity contribution is -0.136.